The number of hydrogen-bond acceptors (Lipinski definition) is 5. The molecule has 0 aliphatic heterocycles. The predicted molar refractivity (Wildman–Crippen MR) is 101 cm³/mol. The highest BCUT2D eigenvalue weighted by atomic mass is 32.1. The third-order valence-electron chi connectivity index (χ3n) is 4.14. The molecule has 1 heterocycles. The zero-order valence-electron chi connectivity index (χ0n) is 15.3. The van der Waals surface area contributed by atoms with Gasteiger partial charge in [-0.25, -0.2) is 0 Å². The molecule has 8 heteroatoms. The van der Waals surface area contributed by atoms with E-state index in [0.717, 1.165) is 5.56 Å². The van der Waals surface area contributed by atoms with Crippen LogP contribution in [-0.4, -0.2) is 30.1 Å². The molecule has 26 heavy (non-hydrogen) atoms. The number of ether oxygens (including phenoxy) is 2. The molecule has 140 valence electrons. The first-order chi connectivity index (χ1) is 12.3. The maximum Gasteiger partial charge on any atom is 0.255 e. The summed E-state index contributed by atoms with van der Waals surface area (Å²) in [6.45, 7) is 3.63. The van der Waals surface area contributed by atoms with Crippen molar-refractivity contribution in [2.75, 3.05) is 14.2 Å². The monoisotopic (exact) mass is 377 g/mol. The van der Waals surface area contributed by atoms with E-state index < -0.39 is 0 Å². The van der Waals surface area contributed by atoms with Crippen LogP contribution in [0.25, 0.3) is 0 Å². The number of hydrogen-bond donors (Lipinski definition) is 3. The minimum atomic E-state index is -0.270. The summed E-state index contributed by atoms with van der Waals surface area (Å²) in [6.07, 6.45) is 0.506. The van der Waals surface area contributed by atoms with Gasteiger partial charge in [-0.2, -0.15) is 0 Å². The molecule has 0 bridgehead atoms. The Kier molecular flexibility index (Phi) is 6.57. The molecule has 0 saturated heterocycles. The Hall–Kier alpha value is -2.61. The number of nitrogens with one attached hydrogen (secondary N) is 3. The van der Waals surface area contributed by atoms with Crippen LogP contribution >= 0.6 is 12.2 Å². The van der Waals surface area contributed by atoms with Crippen LogP contribution in [0.5, 0.6) is 11.5 Å². The van der Waals surface area contributed by atoms with E-state index in [9.17, 15) is 9.59 Å². The van der Waals surface area contributed by atoms with Crippen molar-refractivity contribution in [2.45, 2.75) is 32.7 Å². The first-order valence-corrected chi connectivity index (χ1v) is 8.60. The van der Waals surface area contributed by atoms with E-state index >= 15 is 0 Å². The first kappa shape index (κ1) is 19.7. The highest BCUT2D eigenvalue weighted by Gasteiger charge is 2.16. The molecule has 0 aliphatic carbocycles. The Morgan fingerprint density at radius 1 is 1.27 bits per heavy atom. The van der Waals surface area contributed by atoms with Gasteiger partial charge < -0.3 is 19.8 Å². The number of methoxy groups -OCH3 is 2. The quantitative estimate of drug-likeness (QED) is 0.645. The van der Waals surface area contributed by atoms with Crippen molar-refractivity contribution in [2.24, 2.45) is 0 Å². The Balaban J connectivity index is 2.06. The van der Waals surface area contributed by atoms with Gasteiger partial charge in [0.15, 0.2) is 4.77 Å². The molecule has 1 amide bonds. The highest BCUT2D eigenvalue weighted by Crippen LogP contribution is 2.29. The Labute approximate surface area is 156 Å². The van der Waals surface area contributed by atoms with Gasteiger partial charge >= 0.3 is 0 Å². The molecule has 0 fully saturated rings. The highest BCUT2D eigenvalue weighted by molar-refractivity contribution is 7.71. The third-order valence-corrected chi connectivity index (χ3v) is 4.34. The first-order valence-electron chi connectivity index (χ1n) is 8.19. The fourth-order valence-electron chi connectivity index (χ4n) is 2.73. The predicted octanol–water partition coefficient (Wildman–Crippen LogP) is 2.57. The molecule has 3 N–H and O–H groups in total. The standard InChI is InChI=1S/C18H23N3O4S/c1-10-13(17(23)21-18(26)20-10)6-8-16(22)19-11(2)14-9-12(24-3)5-7-15(14)25-4/h5,7,9,11H,6,8H2,1-4H3,(H,19,22)(H2,20,21,23,26)/t11-/m1/s1. The Bertz CT molecular complexity index is 904. The number of aryl methyl sites for hydroxylation is 1. The maximum absolute atomic E-state index is 12.3. The van der Waals surface area contributed by atoms with Crippen LogP contribution < -0.4 is 20.3 Å². The van der Waals surface area contributed by atoms with Gasteiger partial charge in [0.25, 0.3) is 5.56 Å². The van der Waals surface area contributed by atoms with Crippen LogP contribution in [0.1, 0.15) is 36.2 Å². The van der Waals surface area contributed by atoms with Crippen molar-refractivity contribution < 1.29 is 14.3 Å². The normalized spacial score (nSPS) is 11.7. The average molecular weight is 377 g/mol. The summed E-state index contributed by atoms with van der Waals surface area (Å²) < 4.78 is 10.9. The molecular weight excluding hydrogens is 354 g/mol. The lowest BCUT2D eigenvalue weighted by molar-refractivity contribution is -0.121. The van der Waals surface area contributed by atoms with Gasteiger partial charge in [0.05, 0.1) is 20.3 Å². The lowest BCUT2D eigenvalue weighted by atomic mass is 10.1. The van der Waals surface area contributed by atoms with Gasteiger partial charge in [0.2, 0.25) is 5.91 Å². The molecule has 0 saturated carbocycles. The molecule has 2 rings (SSSR count). The largest absolute Gasteiger partial charge is 0.497 e. The number of H-pyrrole nitrogens is 2. The molecule has 0 spiro atoms. The number of rotatable bonds is 7. The summed E-state index contributed by atoms with van der Waals surface area (Å²) in [5.41, 5.74) is 1.76. The van der Waals surface area contributed by atoms with Crippen molar-refractivity contribution in [1.82, 2.24) is 15.3 Å². The molecule has 0 unspecified atom stereocenters. The van der Waals surface area contributed by atoms with E-state index in [1.54, 1.807) is 33.3 Å². The molecule has 2 aromatic rings. The lowest BCUT2D eigenvalue weighted by Crippen LogP contribution is -2.28. The van der Waals surface area contributed by atoms with Crippen LogP contribution in [0, 0.1) is 11.7 Å². The molecule has 0 radical (unpaired) electrons. The van der Waals surface area contributed by atoms with Gasteiger partial charge in [-0.05, 0) is 50.7 Å². The number of carbonyl (C=O) groups excluding carboxylic acids is 1. The summed E-state index contributed by atoms with van der Waals surface area (Å²) in [7, 11) is 3.16. The number of aromatic nitrogens is 2. The minimum Gasteiger partial charge on any atom is -0.497 e. The molecule has 1 aromatic heterocycles. The molecule has 0 aliphatic rings. The SMILES string of the molecule is COc1ccc(OC)c([C@@H](C)NC(=O)CCc2c(C)[nH]c(=S)[nH]c2=O)c1. The van der Waals surface area contributed by atoms with Crippen LogP contribution in [0.4, 0.5) is 0 Å². The van der Waals surface area contributed by atoms with Gasteiger partial charge in [-0.1, -0.05) is 0 Å². The Morgan fingerprint density at radius 3 is 2.62 bits per heavy atom. The number of amides is 1. The summed E-state index contributed by atoms with van der Waals surface area (Å²) in [5, 5.41) is 2.93. The number of carbonyl (C=O) groups is 1. The van der Waals surface area contributed by atoms with E-state index in [2.05, 4.69) is 15.3 Å². The smallest absolute Gasteiger partial charge is 0.255 e. The minimum absolute atomic E-state index is 0.163. The fraction of sp³-hybridized carbons (Fsp3) is 0.389. The van der Waals surface area contributed by atoms with Gasteiger partial charge in [0.1, 0.15) is 11.5 Å². The summed E-state index contributed by atoms with van der Waals surface area (Å²) in [4.78, 5) is 29.7. The summed E-state index contributed by atoms with van der Waals surface area (Å²) in [5.74, 6) is 1.19. The second kappa shape index (κ2) is 8.66. The van der Waals surface area contributed by atoms with E-state index in [0.29, 0.717) is 29.2 Å². The van der Waals surface area contributed by atoms with Gasteiger partial charge in [-0.3, -0.25) is 14.6 Å². The fourth-order valence-corrected chi connectivity index (χ4v) is 2.98. The van der Waals surface area contributed by atoms with Crippen LogP contribution in [0.3, 0.4) is 0 Å². The second-order valence-corrected chi connectivity index (χ2v) is 6.32. The zero-order chi connectivity index (χ0) is 19.3. The second-order valence-electron chi connectivity index (χ2n) is 5.91. The molecule has 7 nitrogen and oxygen atoms in total. The average Bonchev–Trinajstić information content (AvgIpc) is 2.60. The molecular formula is C18H23N3O4S. The summed E-state index contributed by atoms with van der Waals surface area (Å²) >= 11 is 4.93. The third kappa shape index (κ3) is 4.72. The van der Waals surface area contributed by atoms with Crippen molar-refractivity contribution >= 4 is 18.1 Å². The van der Waals surface area contributed by atoms with Crippen molar-refractivity contribution in [1.29, 1.82) is 0 Å². The van der Waals surface area contributed by atoms with Crippen molar-refractivity contribution in [3.63, 3.8) is 0 Å². The van der Waals surface area contributed by atoms with Crippen molar-refractivity contribution in [3.05, 3.63) is 50.1 Å². The van der Waals surface area contributed by atoms with Gasteiger partial charge in [0, 0.05) is 23.2 Å². The molecule has 1 atom stereocenters. The van der Waals surface area contributed by atoms with E-state index in [1.165, 1.54) is 0 Å². The summed E-state index contributed by atoms with van der Waals surface area (Å²) in [6, 6.07) is 5.15. The van der Waals surface area contributed by atoms with Crippen LogP contribution in [0.2, 0.25) is 0 Å². The van der Waals surface area contributed by atoms with Crippen LogP contribution in [0.15, 0.2) is 23.0 Å². The zero-order valence-corrected chi connectivity index (χ0v) is 16.1. The van der Waals surface area contributed by atoms with E-state index in [4.69, 9.17) is 21.7 Å². The number of aromatic amines is 2. The number of benzene rings is 1. The molecule has 1 aromatic carbocycles. The van der Waals surface area contributed by atoms with Gasteiger partial charge in [-0.15, -0.1) is 0 Å². The topological polar surface area (TPSA) is 96.2 Å². The van der Waals surface area contributed by atoms with Crippen molar-refractivity contribution in [3.8, 4) is 11.5 Å². The lowest BCUT2D eigenvalue weighted by Gasteiger charge is -2.18. The maximum atomic E-state index is 12.3. The van der Waals surface area contributed by atoms with E-state index in [1.807, 2.05) is 13.0 Å². The van der Waals surface area contributed by atoms with Crippen LogP contribution in [-0.2, 0) is 11.2 Å². The Morgan fingerprint density at radius 2 is 2.00 bits per heavy atom. The van der Waals surface area contributed by atoms with E-state index in [-0.39, 0.29) is 28.7 Å².